The van der Waals surface area contributed by atoms with Crippen LogP contribution in [0.5, 0.6) is 0 Å². The van der Waals surface area contributed by atoms with E-state index in [1.165, 1.54) is 10.6 Å². The van der Waals surface area contributed by atoms with Crippen molar-refractivity contribution in [2.24, 2.45) is 7.05 Å². The van der Waals surface area contributed by atoms with Crippen molar-refractivity contribution in [3.63, 3.8) is 0 Å². The number of aliphatic carboxylic acids is 1. The lowest BCUT2D eigenvalue weighted by atomic mass is 9.89. The summed E-state index contributed by atoms with van der Waals surface area (Å²) in [5.74, 6) is -1.77. The van der Waals surface area contributed by atoms with Crippen LogP contribution in [-0.4, -0.2) is 40.3 Å². The molecule has 2 heterocycles. The second kappa shape index (κ2) is 5.92. The first-order chi connectivity index (χ1) is 10.3. The molecule has 1 amide bonds. The minimum atomic E-state index is -1.38. The second-order valence-electron chi connectivity index (χ2n) is 5.64. The van der Waals surface area contributed by atoms with Crippen molar-refractivity contribution in [2.75, 3.05) is 13.2 Å². The molecule has 2 N–H and O–H groups in total. The molecule has 1 aromatic rings. The van der Waals surface area contributed by atoms with Gasteiger partial charge < -0.3 is 19.7 Å². The number of aryl methyl sites for hydroxylation is 1. The number of nitrogens with zero attached hydrogens (tertiary/aromatic N) is 1. The molecule has 1 aliphatic rings. The van der Waals surface area contributed by atoms with E-state index in [0.717, 1.165) is 11.3 Å². The summed E-state index contributed by atoms with van der Waals surface area (Å²) in [5.41, 5.74) is -0.297. The number of amides is 1. The van der Waals surface area contributed by atoms with Gasteiger partial charge in [-0.25, -0.2) is 4.79 Å². The van der Waals surface area contributed by atoms with Gasteiger partial charge in [0, 0.05) is 38.8 Å². The summed E-state index contributed by atoms with van der Waals surface area (Å²) in [6, 6.07) is 1.50. The summed E-state index contributed by atoms with van der Waals surface area (Å²) in [7, 11) is 1.59. The third-order valence-corrected chi connectivity index (χ3v) is 4.32. The molecule has 0 spiro atoms. The summed E-state index contributed by atoms with van der Waals surface area (Å²) >= 11 is 0. The first-order valence-electron chi connectivity index (χ1n) is 7.09. The van der Waals surface area contributed by atoms with Crippen molar-refractivity contribution in [3.8, 4) is 0 Å². The molecular formula is C15H20N2O5. The molecule has 0 atom stereocenters. The van der Waals surface area contributed by atoms with Crippen molar-refractivity contribution in [3.05, 3.63) is 33.2 Å². The van der Waals surface area contributed by atoms with Crippen molar-refractivity contribution in [1.82, 2.24) is 9.88 Å². The van der Waals surface area contributed by atoms with Crippen molar-refractivity contribution in [1.29, 1.82) is 0 Å². The van der Waals surface area contributed by atoms with Crippen LogP contribution in [-0.2, 0) is 16.6 Å². The Morgan fingerprint density at radius 1 is 1.32 bits per heavy atom. The number of carboxylic acid groups (broad SMARTS) is 1. The van der Waals surface area contributed by atoms with E-state index in [9.17, 15) is 19.5 Å². The van der Waals surface area contributed by atoms with E-state index >= 15 is 0 Å². The Hall–Kier alpha value is -2.15. The fraction of sp³-hybridized carbons (Fsp3) is 0.533. The van der Waals surface area contributed by atoms with Crippen molar-refractivity contribution in [2.45, 2.75) is 32.2 Å². The predicted octanol–water partition coefficient (Wildman–Crippen LogP) is 0.366. The van der Waals surface area contributed by atoms with Gasteiger partial charge >= 0.3 is 5.97 Å². The molecule has 22 heavy (non-hydrogen) atoms. The van der Waals surface area contributed by atoms with Crippen LogP contribution in [0.2, 0.25) is 0 Å². The van der Waals surface area contributed by atoms with Crippen LogP contribution in [0, 0.1) is 13.8 Å². The molecule has 2 rings (SSSR count). The average molecular weight is 308 g/mol. The number of hydrogen-bond donors (Lipinski definition) is 2. The number of ether oxygens (including phenoxy) is 1. The van der Waals surface area contributed by atoms with Crippen LogP contribution in [0.15, 0.2) is 10.9 Å². The Kier molecular flexibility index (Phi) is 4.37. The monoisotopic (exact) mass is 308 g/mol. The van der Waals surface area contributed by atoms with Crippen molar-refractivity contribution < 1.29 is 19.4 Å². The Morgan fingerprint density at radius 3 is 2.45 bits per heavy atom. The third-order valence-electron chi connectivity index (χ3n) is 4.32. The molecular weight excluding hydrogens is 288 g/mol. The first kappa shape index (κ1) is 16.2. The molecule has 120 valence electrons. The largest absolute Gasteiger partial charge is 0.480 e. The normalized spacial score (nSPS) is 17.0. The minimum Gasteiger partial charge on any atom is -0.480 e. The maximum atomic E-state index is 12.4. The highest BCUT2D eigenvalue weighted by Gasteiger charge is 2.42. The van der Waals surface area contributed by atoms with Gasteiger partial charge in [-0.1, -0.05) is 0 Å². The molecule has 1 fully saturated rings. The summed E-state index contributed by atoms with van der Waals surface area (Å²) in [5, 5.41) is 12.0. The lowest BCUT2D eigenvalue weighted by Gasteiger charge is -2.33. The number of aromatic nitrogens is 1. The van der Waals surface area contributed by atoms with E-state index in [0.29, 0.717) is 0 Å². The van der Waals surface area contributed by atoms with E-state index in [1.807, 2.05) is 0 Å². The van der Waals surface area contributed by atoms with Gasteiger partial charge in [0.1, 0.15) is 11.1 Å². The number of nitrogens with one attached hydrogen (secondary N) is 1. The van der Waals surface area contributed by atoms with Crippen LogP contribution in [0.4, 0.5) is 0 Å². The van der Waals surface area contributed by atoms with Gasteiger partial charge in [-0.2, -0.15) is 0 Å². The zero-order chi connectivity index (χ0) is 16.5. The van der Waals surface area contributed by atoms with Gasteiger partial charge in [0.25, 0.3) is 11.5 Å². The number of carboxylic acids is 1. The molecule has 1 aliphatic heterocycles. The molecule has 0 aromatic carbocycles. The molecule has 7 heteroatoms. The third kappa shape index (κ3) is 2.76. The number of pyridine rings is 1. The maximum absolute atomic E-state index is 12.4. The fourth-order valence-corrected chi connectivity index (χ4v) is 2.54. The minimum absolute atomic E-state index is 0.0438. The topological polar surface area (TPSA) is 97.6 Å². The number of carbonyl (C=O) groups is 2. The fourth-order valence-electron chi connectivity index (χ4n) is 2.54. The number of carbonyl (C=O) groups excluding carboxylic acids is 1. The highest BCUT2D eigenvalue weighted by Crippen LogP contribution is 2.21. The maximum Gasteiger partial charge on any atom is 0.329 e. The van der Waals surface area contributed by atoms with E-state index in [4.69, 9.17) is 4.74 Å². The van der Waals surface area contributed by atoms with Gasteiger partial charge in [-0.05, 0) is 25.5 Å². The van der Waals surface area contributed by atoms with Gasteiger partial charge in [-0.3, -0.25) is 9.59 Å². The smallest absolute Gasteiger partial charge is 0.329 e. The zero-order valence-electron chi connectivity index (χ0n) is 12.9. The molecule has 7 nitrogen and oxygen atoms in total. The van der Waals surface area contributed by atoms with Crippen LogP contribution in [0.1, 0.15) is 34.5 Å². The number of hydrogen-bond acceptors (Lipinski definition) is 4. The molecule has 0 unspecified atom stereocenters. The van der Waals surface area contributed by atoms with Crippen molar-refractivity contribution >= 4 is 11.9 Å². The quantitative estimate of drug-likeness (QED) is 0.840. The Balaban J connectivity index is 2.36. The van der Waals surface area contributed by atoms with E-state index in [-0.39, 0.29) is 31.6 Å². The summed E-state index contributed by atoms with van der Waals surface area (Å²) in [6.45, 7) is 4.11. The second-order valence-corrected chi connectivity index (χ2v) is 5.64. The summed E-state index contributed by atoms with van der Waals surface area (Å²) in [4.78, 5) is 36.2. The summed E-state index contributed by atoms with van der Waals surface area (Å²) < 4.78 is 6.55. The Morgan fingerprint density at radius 2 is 1.91 bits per heavy atom. The molecule has 0 saturated carbocycles. The molecule has 1 saturated heterocycles. The van der Waals surface area contributed by atoms with Crippen LogP contribution in [0.25, 0.3) is 0 Å². The summed E-state index contributed by atoms with van der Waals surface area (Å²) in [6.07, 6.45) is 0.360. The lowest BCUT2D eigenvalue weighted by Crippen LogP contribution is -2.58. The molecule has 0 radical (unpaired) electrons. The predicted molar refractivity (Wildman–Crippen MR) is 79.0 cm³/mol. The SMILES string of the molecule is Cc1cc(C(=O)NC2(C(=O)O)CCOCC2)c(=O)n(C)c1C. The van der Waals surface area contributed by atoms with E-state index in [1.54, 1.807) is 20.9 Å². The van der Waals surface area contributed by atoms with Gasteiger partial charge in [0.2, 0.25) is 0 Å². The number of rotatable bonds is 3. The van der Waals surface area contributed by atoms with Gasteiger partial charge in [0.15, 0.2) is 0 Å². The van der Waals surface area contributed by atoms with Crippen LogP contribution >= 0.6 is 0 Å². The van der Waals surface area contributed by atoms with E-state index in [2.05, 4.69) is 5.32 Å². The highest BCUT2D eigenvalue weighted by molar-refractivity contribution is 5.97. The zero-order valence-corrected chi connectivity index (χ0v) is 12.9. The average Bonchev–Trinajstić information content (AvgIpc) is 2.49. The lowest BCUT2D eigenvalue weighted by molar-refractivity contribution is -0.148. The van der Waals surface area contributed by atoms with Gasteiger partial charge in [0.05, 0.1) is 0 Å². The molecule has 0 bridgehead atoms. The standard InChI is InChI=1S/C15H20N2O5/c1-9-8-11(13(19)17(3)10(9)2)12(18)16-15(14(20)21)4-6-22-7-5-15/h8H,4-7H2,1-3H3,(H,16,18)(H,20,21). The van der Waals surface area contributed by atoms with Crippen LogP contribution < -0.4 is 10.9 Å². The molecule has 0 aliphatic carbocycles. The van der Waals surface area contributed by atoms with Gasteiger partial charge in [-0.15, -0.1) is 0 Å². The molecule has 1 aromatic heterocycles. The Bertz CT molecular complexity index is 671. The highest BCUT2D eigenvalue weighted by atomic mass is 16.5. The van der Waals surface area contributed by atoms with E-state index < -0.39 is 23.0 Å². The van der Waals surface area contributed by atoms with Crippen LogP contribution in [0.3, 0.4) is 0 Å². The Labute approximate surface area is 127 Å². The first-order valence-corrected chi connectivity index (χ1v) is 7.09.